The molecule has 24 heavy (non-hydrogen) atoms. The summed E-state index contributed by atoms with van der Waals surface area (Å²) < 4.78 is 0. The number of carbonyl (C=O) groups excluding carboxylic acids is 2. The van der Waals surface area contributed by atoms with E-state index in [0.717, 1.165) is 18.4 Å². The normalized spacial score (nSPS) is 22.2. The predicted octanol–water partition coefficient (Wildman–Crippen LogP) is 3.82. The summed E-state index contributed by atoms with van der Waals surface area (Å²) in [5.41, 5.74) is 1.52. The average molecular weight is 328 g/mol. The van der Waals surface area contributed by atoms with Crippen LogP contribution in [0.3, 0.4) is 0 Å². The first-order valence-electron chi connectivity index (χ1n) is 9.31. The largest absolute Gasteiger partial charge is 0.351 e. The molecule has 1 atom stereocenters. The number of hydrogen-bond donors (Lipinski definition) is 1. The van der Waals surface area contributed by atoms with E-state index in [0.29, 0.717) is 5.56 Å². The summed E-state index contributed by atoms with van der Waals surface area (Å²) in [7, 11) is 0. The van der Waals surface area contributed by atoms with Crippen molar-refractivity contribution in [3.05, 3.63) is 35.4 Å². The number of hydrogen-bond acceptors (Lipinski definition) is 2. The molecule has 1 fully saturated rings. The molecule has 1 aromatic rings. The minimum Gasteiger partial charge on any atom is -0.351 e. The molecule has 1 unspecified atom stereocenters. The van der Waals surface area contributed by atoms with Crippen LogP contribution in [0.25, 0.3) is 0 Å². The molecule has 1 heterocycles. The molecule has 1 saturated carbocycles. The van der Waals surface area contributed by atoms with Gasteiger partial charge in [0.2, 0.25) is 5.91 Å². The monoisotopic (exact) mass is 328 g/mol. The van der Waals surface area contributed by atoms with Crippen molar-refractivity contribution in [2.75, 3.05) is 0 Å². The molecule has 0 spiro atoms. The molecule has 130 valence electrons. The molecule has 1 aliphatic carbocycles. The van der Waals surface area contributed by atoms with Crippen molar-refractivity contribution in [2.45, 2.75) is 76.9 Å². The molecular weight excluding hydrogens is 300 g/mol. The molecule has 1 N–H and O–H groups in total. The minimum absolute atomic E-state index is 0.00187. The fourth-order valence-electron chi connectivity index (χ4n) is 4.02. The Balaban J connectivity index is 1.80. The lowest BCUT2D eigenvalue weighted by Crippen LogP contribution is -2.45. The van der Waals surface area contributed by atoms with E-state index in [1.54, 1.807) is 4.90 Å². The third kappa shape index (κ3) is 3.33. The van der Waals surface area contributed by atoms with E-state index in [1.807, 2.05) is 38.1 Å². The lowest BCUT2D eigenvalue weighted by atomic mass is 9.96. The van der Waals surface area contributed by atoms with Gasteiger partial charge in [-0.15, -0.1) is 0 Å². The van der Waals surface area contributed by atoms with Crippen LogP contribution >= 0.6 is 0 Å². The number of fused-ring (bicyclic) bond motifs is 1. The molecule has 4 heteroatoms. The smallest absolute Gasteiger partial charge is 0.255 e. The Hall–Kier alpha value is -1.84. The molecule has 0 radical (unpaired) electrons. The number of carbonyl (C=O) groups is 2. The van der Waals surface area contributed by atoms with Crippen LogP contribution in [-0.4, -0.2) is 28.8 Å². The van der Waals surface area contributed by atoms with Crippen molar-refractivity contribution in [3.8, 4) is 0 Å². The summed E-state index contributed by atoms with van der Waals surface area (Å²) in [5.74, 6) is -0.0500. The molecule has 0 aromatic heterocycles. The minimum atomic E-state index is -0.487. The highest BCUT2D eigenvalue weighted by atomic mass is 16.2. The molecule has 0 bridgehead atoms. The van der Waals surface area contributed by atoms with Gasteiger partial charge < -0.3 is 10.2 Å². The third-order valence-electron chi connectivity index (χ3n) is 5.25. The first kappa shape index (κ1) is 17.0. The maximum atomic E-state index is 13.0. The lowest BCUT2D eigenvalue weighted by Gasteiger charge is -2.30. The zero-order chi connectivity index (χ0) is 17.1. The van der Waals surface area contributed by atoms with Crippen molar-refractivity contribution in [3.63, 3.8) is 0 Å². The zero-order valence-corrected chi connectivity index (χ0v) is 14.8. The summed E-state index contributed by atoms with van der Waals surface area (Å²) >= 11 is 0. The Labute approximate surface area is 144 Å². The van der Waals surface area contributed by atoms with Crippen LogP contribution in [0.1, 0.15) is 80.8 Å². The maximum absolute atomic E-state index is 13.0. The van der Waals surface area contributed by atoms with Crippen molar-refractivity contribution in [1.82, 2.24) is 10.2 Å². The first-order chi connectivity index (χ1) is 11.6. The van der Waals surface area contributed by atoms with Crippen LogP contribution in [0, 0.1) is 0 Å². The third-order valence-corrected chi connectivity index (χ3v) is 5.25. The van der Waals surface area contributed by atoms with Gasteiger partial charge in [0.25, 0.3) is 5.91 Å². The molecule has 4 nitrogen and oxygen atoms in total. The van der Waals surface area contributed by atoms with Crippen LogP contribution < -0.4 is 5.32 Å². The van der Waals surface area contributed by atoms with Crippen LogP contribution in [0.2, 0.25) is 0 Å². The van der Waals surface area contributed by atoms with Gasteiger partial charge in [0.15, 0.2) is 0 Å². The molecular formula is C20H28N2O2. The van der Waals surface area contributed by atoms with Gasteiger partial charge in [-0.2, -0.15) is 0 Å². The zero-order valence-electron chi connectivity index (χ0n) is 14.8. The fraction of sp³-hybridized carbons (Fsp3) is 0.600. The standard InChI is InChI=1S/C20H28N2O2/c1-14(2)22-18(16-12-8-9-13-17(16)20(22)24)19(23)21-15-10-6-4-3-5-7-11-15/h8-9,12-15,18H,3-7,10-11H2,1-2H3,(H,21,23). The van der Waals surface area contributed by atoms with Crippen LogP contribution in [-0.2, 0) is 4.79 Å². The van der Waals surface area contributed by atoms with Gasteiger partial charge in [-0.05, 0) is 38.3 Å². The highest BCUT2D eigenvalue weighted by molar-refractivity contribution is 6.04. The Bertz CT molecular complexity index is 603. The second-order valence-corrected chi connectivity index (χ2v) is 7.35. The van der Waals surface area contributed by atoms with Crippen LogP contribution in [0.5, 0.6) is 0 Å². The van der Waals surface area contributed by atoms with E-state index in [4.69, 9.17) is 0 Å². The SMILES string of the molecule is CC(C)N1C(=O)c2ccccc2C1C(=O)NC1CCCCCCC1. The van der Waals surface area contributed by atoms with Gasteiger partial charge >= 0.3 is 0 Å². The average Bonchev–Trinajstić information content (AvgIpc) is 2.83. The topological polar surface area (TPSA) is 49.4 Å². The van der Waals surface area contributed by atoms with E-state index < -0.39 is 6.04 Å². The summed E-state index contributed by atoms with van der Waals surface area (Å²) in [5, 5.41) is 3.24. The van der Waals surface area contributed by atoms with Gasteiger partial charge in [-0.25, -0.2) is 0 Å². The maximum Gasteiger partial charge on any atom is 0.255 e. The Morgan fingerprint density at radius 2 is 1.71 bits per heavy atom. The quantitative estimate of drug-likeness (QED) is 0.917. The molecule has 3 rings (SSSR count). The predicted molar refractivity (Wildman–Crippen MR) is 94.7 cm³/mol. The van der Waals surface area contributed by atoms with Crippen LogP contribution in [0.4, 0.5) is 0 Å². The van der Waals surface area contributed by atoms with Crippen molar-refractivity contribution in [2.24, 2.45) is 0 Å². The molecule has 0 saturated heterocycles. The van der Waals surface area contributed by atoms with Crippen molar-refractivity contribution >= 4 is 11.8 Å². The number of benzene rings is 1. The van der Waals surface area contributed by atoms with E-state index in [2.05, 4.69) is 5.32 Å². The van der Waals surface area contributed by atoms with Gasteiger partial charge in [0.1, 0.15) is 6.04 Å². The van der Waals surface area contributed by atoms with Crippen molar-refractivity contribution < 1.29 is 9.59 Å². The molecule has 2 aliphatic rings. The summed E-state index contributed by atoms with van der Waals surface area (Å²) in [4.78, 5) is 27.4. The second-order valence-electron chi connectivity index (χ2n) is 7.35. The fourth-order valence-corrected chi connectivity index (χ4v) is 4.02. The van der Waals surface area contributed by atoms with E-state index in [1.165, 1.54) is 32.1 Å². The van der Waals surface area contributed by atoms with Gasteiger partial charge in [0.05, 0.1) is 0 Å². The Kier molecular flexibility index (Phi) is 5.22. The first-order valence-corrected chi connectivity index (χ1v) is 9.31. The molecule has 1 aromatic carbocycles. The highest BCUT2D eigenvalue weighted by Crippen LogP contribution is 2.35. The highest BCUT2D eigenvalue weighted by Gasteiger charge is 2.42. The number of nitrogens with zero attached hydrogens (tertiary/aromatic N) is 1. The van der Waals surface area contributed by atoms with Crippen molar-refractivity contribution in [1.29, 1.82) is 0 Å². The number of rotatable bonds is 3. The lowest BCUT2D eigenvalue weighted by molar-refractivity contribution is -0.127. The molecule has 1 aliphatic heterocycles. The van der Waals surface area contributed by atoms with Gasteiger partial charge in [0, 0.05) is 17.6 Å². The Morgan fingerprint density at radius 1 is 1.08 bits per heavy atom. The summed E-state index contributed by atoms with van der Waals surface area (Å²) in [6.45, 7) is 3.94. The van der Waals surface area contributed by atoms with E-state index in [9.17, 15) is 9.59 Å². The van der Waals surface area contributed by atoms with E-state index >= 15 is 0 Å². The second kappa shape index (κ2) is 7.37. The van der Waals surface area contributed by atoms with Crippen LogP contribution in [0.15, 0.2) is 24.3 Å². The number of amides is 2. The summed E-state index contributed by atoms with van der Waals surface area (Å²) in [6.07, 6.45) is 8.29. The van der Waals surface area contributed by atoms with E-state index in [-0.39, 0.29) is 23.9 Å². The Morgan fingerprint density at radius 3 is 2.38 bits per heavy atom. The number of nitrogens with one attached hydrogen (secondary N) is 1. The molecule has 2 amide bonds. The van der Waals surface area contributed by atoms with Gasteiger partial charge in [-0.1, -0.05) is 50.3 Å². The summed E-state index contributed by atoms with van der Waals surface area (Å²) in [6, 6.07) is 7.27. The van der Waals surface area contributed by atoms with Gasteiger partial charge in [-0.3, -0.25) is 9.59 Å².